The first-order chi connectivity index (χ1) is 7.27. The Bertz CT molecular complexity index is 377. The van der Waals surface area contributed by atoms with Crippen molar-refractivity contribution >= 4 is 0 Å². The molecule has 0 unspecified atom stereocenters. The summed E-state index contributed by atoms with van der Waals surface area (Å²) in [5.74, 6) is 6.08. The molecule has 0 spiro atoms. The predicted molar refractivity (Wildman–Crippen MR) is 59.5 cm³/mol. The van der Waals surface area contributed by atoms with Gasteiger partial charge in [-0.05, 0) is 25.2 Å². The van der Waals surface area contributed by atoms with Crippen LogP contribution in [0.1, 0.15) is 17.5 Å². The van der Waals surface area contributed by atoms with E-state index in [1.165, 1.54) is 0 Å². The summed E-state index contributed by atoms with van der Waals surface area (Å²) < 4.78 is 0. The fraction of sp³-hybridized carbons (Fsp3) is 0.333. The van der Waals surface area contributed by atoms with Crippen LogP contribution >= 0.6 is 0 Å². The molecule has 80 valence electrons. The third-order valence-electron chi connectivity index (χ3n) is 1.98. The lowest BCUT2D eigenvalue weighted by molar-refractivity contribution is 0.275. The maximum atomic E-state index is 9.33. The zero-order chi connectivity index (χ0) is 11.1. The van der Waals surface area contributed by atoms with Gasteiger partial charge in [0.1, 0.15) is 5.75 Å². The summed E-state index contributed by atoms with van der Waals surface area (Å²) in [6, 6.07) is 4.98. The Balaban J connectivity index is 2.72. The van der Waals surface area contributed by atoms with Gasteiger partial charge in [-0.3, -0.25) is 0 Å². The number of aliphatic hydroxyl groups is 1. The molecule has 0 atom stereocenters. The minimum Gasteiger partial charge on any atom is -0.508 e. The SMILES string of the molecule is CNCCC#Cc1ccc(O)c(CO)c1. The summed E-state index contributed by atoms with van der Waals surface area (Å²) in [6.45, 7) is 0.690. The summed E-state index contributed by atoms with van der Waals surface area (Å²) in [5.41, 5.74) is 1.32. The first-order valence-corrected chi connectivity index (χ1v) is 4.84. The Hall–Kier alpha value is -1.50. The fourth-order valence-electron chi connectivity index (χ4n) is 1.14. The van der Waals surface area contributed by atoms with Gasteiger partial charge in [-0.2, -0.15) is 0 Å². The van der Waals surface area contributed by atoms with Gasteiger partial charge in [-0.1, -0.05) is 11.8 Å². The summed E-state index contributed by atoms with van der Waals surface area (Å²) in [5, 5.41) is 21.3. The number of benzene rings is 1. The average molecular weight is 205 g/mol. The molecule has 0 saturated heterocycles. The van der Waals surface area contributed by atoms with Crippen LogP contribution in [0.5, 0.6) is 5.75 Å². The highest BCUT2D eigenvalue weighted by molar-refractivity contribution is 5.43. The molecule has 1 rings (SSSR count). The van der Waals surface area contributed by atoms with Gasteiger partial charge in [-0.25, -0.2) is 0 Å². The van der Waals surface area contributed by atoms with Crippen molar-refractivity contribution in [2.24, 2.45) is 0 Å². The highest BCUT2D eigenvalue weighted by Crippen LogP contribution is 2.17. The van der Waals surface area contributed by atoms with Crippen molar-refractivity contribution in [2.75, 3.05) is 13.6 Å². The summed E-state index contributed by atoms with van der Waals surface area (Å²) in [7, 11) is 1.88. The molecule has 3 N–H and O–H groups in total. The van der Waals surface area contributed by atoms with E-state index in [2.05, 4.69) is 17.2 Å². The topological polar surface area (TPSA) is 52.5 Å². The normalized spacial score (nSPS) is 9.47. The average Bonchev–Trinajstić information content (AvgIpc) is 2.26. The van der Waals surface area contributed by atoms with E-state index in [1.807, 2.05) is 7.05 Å². The standard InChI is InChI=1S/C12H15NO2/c1-13-7-3-2-4-10-5-6-12(15)11(8-10)9-14/h5-6,8,13-15H,3,7,9H2,1H3. The number of hydrogen-bond donors (Lipinski definition) is 3. The Labute approximate surface area is 89.8 Å². The second-order valence-corrected chi connectivity index (χ2v) is 3.16. The number of hydrogen-bond acceptors (Lipinski definition) is 3. The number of phenols is 1. The third kappa shape index (κ3) is 3.62. The molecule has 15 heavy (non-hydrogen) atoms. The van der Waals surface area contributed by atoms with Gasteiger partial charge in [0, 0.05) is 24.1 Å². The summed E-state index contributed by atoms with van der Waals surface area (Å²) >= 11 is 0. The lowest BCUT2D eigenvalue weighted by Crippen LogP contribution is -2.05. The maximum Gasteiger partial charge on any atom is 0.121 e. The molecule has 1 aromatic rings. The molecule has 0 heterocycles. The second-order valence-electron chi connectivity index (χ2n) is 3.16. The van der Waals surface area contributed by atoms with E-state index in [4.69, 9.17) is 5.11 Å². The maximum absolute atomic E-state index is 9.33. The quantitative estimate of drug-likeness (QED) is 0.506. The lowest BCUT2D eigenvalue weighted by Gasteiger charge is -2.00. The van der Waals surface area contributed by atoms with E-state index in [1.54, 1.807) is 18.2 Å². The van der Waals surface area contributed by atoms with Crippen molar-refractivity contribution in [1.82, 2.24) is 5.32 Å². The van der Waals surface area contributed by atoms with E-state index in [0.29, 0.717) is 5.56 Å². The molecule has 0 aromatic heterocycles. The highest BCUT2D eigenvalue weighted by atomic mass is 16.3. The Morgan fingerprint density at radius 2 is 2.20 bits per heavy atom. The van der Waals surface area contributed by atoms with Gasteiger partial charge in [-0.15, -0.1) is 0 Å². The van der Waals surface area contributed by atoms with E-state index >= 15 is 0 Å². The molecule has 0 fully saturated rings. The van der Waals surface area contributed by atoms with Gasteiger partial charge >= 0.3 is 0 Å². The van der Waals surface area contributed by atoms with Crippen molar-refractivity contribution in [3.8, 4) is 17.6 Å². The van der Waals surface area contributed by atoms with Crippen molar-refractivity contribution in [1.29, 1.82) is 0 Å². The van der Waals surface area contributed by atoms with E-state index in [0.717, 1.165) is 18.5 Å². The van der Waals surface area contributed by atoms with Crippen LogP contribution in [0.15, 0.2) is 18.2 Å². The number of aromatic hydroxyl groups is 1. The first kappa shape index (κ1) is 11.6. The molecule has 3 nitrogen and oxygen atoms in total. The molecule has 0 aliphatic heterocycles. The molecule has 0 amide bonds. The third-order valence-corrected chi connectivity index (χ3v) is 1.98. The van der Waals surface area contributed by atoms with Gasteiger partial charge in [0.15, 0.2) is 0 Å². The number of nitrogens with one attached hydrogen (secondary N) is 1. The van der Waals surface area contributed by atoms with E-state index in [9.17, 15) is 5.11 Å². The minimum atomic E-state index is -0.169. The largest absolute Gasteiger partial charge is 0.508 e. The predicted octanol–water partition coefficient (Wildman–Crippen LogP) is 0.845. The molecule has 0 radical (unpaired) electrons. The van der Waals surface area contributed by atoms with Crippen LogP contribution in [0.3, 0.4) is 0 Å². The zero-order valence-electron chi connectivity index (χ0n) is 8.75. The van der Waals surface area contributed by atoms with Gasteiger partial charge in [0.2, 0.25) is 0 Å². The fourth-order valence-corrected chi connectivity index (χ4v) is 1.14. The number of rotatable bonds is 3. The zero-order valence-corrected chi connectivity index (χ0v) is 8.75. The molecule has 0 saturated carbocycles. The van der Waals surface area contributed by atoms with Crippen molar-refractivity contribution in [3.05, 3.63) is 29.3 Å². The van der Waals surface area contributed by atoms with Crippen LogP contribution in [0.2, 0.25) is 0 Å². The molecule has 0 aliphatic rings. The van der Waals surface area contributed by atoms with Gasteiger partial charge < -0.3 is 15.5 Å². The molecule has 1 aromatic carbocycles. The van der Waals surface area contributed by atoms with Crippen molar-refractivity contribution < 1.29 is 10.2 Å². The molecule has 0 bridgehead atoms. The lowest BCUT2D eigenvalue weighted by atomic mass is 10.1. The highest BCUT2D eigenvalue weighted by Gasteiger charge is 1.99. The molecular weight excluding hydrogens is 190 g/mol. The molecule has 3 heteroatoms. The van der Waals surface area contributed by atoms with Gasteiger partial charge in [0.05, 0.1) is 6.61 Å². The van der Waals surface area contributed by atoms with Crippen LogP contribution < -0.4 is 5.32 Å². The van der Waals surface area contributed by atoms with Gasteiger partial charge in [0.25, 0.3) is 0 Å². The molecule has 0 aliphatic carbocycles. The molecular formula is C12H15NO2. The number of aliphatic hydroxyl groups excluding tert-OH is 1. The first-order valence-electron chi connectivity index (χ1n) is 4.84. The van der Waals surface area contributed by atoms with E-state index < -0.39 is 0 Å². The van der Waals surface area contributed by atoms with Crippen LogP contribution in [0.25, 0.3) is 0 Å². The summed E-state index contributed by atoms with van der Waals surface area (Å²) in [4.78, 5) is 0. The van der Waals surface area contributed by atoms with Crippen LogP contribution in [0.4, 0.5) is 0 Å². The Morgan fingerprint density at radius 3 is 2.87 bits per heavy atom. The Morgan fingerprint density at radius 1 is 1.40 bits per heavy atom. The second kappa shape index (κ2) is 6.07. The van der Waals surface area contributed by atoms with Crippen molar-refractivity contribution in [3.63, 3.8) is 0 Å². The minimum absolute atomic E-state index is 0.110. The monoisotopic (exact) mass is 205 g/mol. The Kier molecular flexibility index (Phi) is 4.69. The van der Waals surface area contributed by atoms with E-state index in [-0.39, 0.29) is 12.4 Å². The van der Waals surface area contributed by atoms with Crippen LogP contribution in [-0.4, -0.2) is 23.8 Å². The van der Waals surface area contributed by atoms with Crippen LogP contribution in [-0.2, 0) is 6.61 Å². The smallest absolute Gasteiger partial charge is 0.121 e. The van der Waals surface area contributed by atoms with Crippen molar-refractivity contribution in [2.45, 2.75) is 13.0 Å². The summed E-state index contributed by atoms with van der Waals surface area (Å²) in [6.07, 6.45) is 0.784. The van der Waals surface area contributed by atoms with Crippen LogP contribution in [0, 0.1) is 11.8 Å².